The van der Waals surface area contributed by atoms with E-state index in [1.807, 2.05) is 13.0 Å². The third kappa shape index (κ3) is 2.37. The number of amides is 1. The number of carbonyl (C=O) groups excluding carboxylic acids is 1. The van der Waals surface area contributed by atoms with Gasteiger partial charge in [0, 0.05) is 18.0 Å². The Morgan fingerprint density at radius 2 is 2.19 bits per heavy atom. The van der Waals surface area contributed by atoms with Crippen molar-refractivity contribution in [2.24, 2.45) is 5.92 Å². The zero-order valence-electron chi connectivity index (χ0n) is 11.7. The number of nitrogens with one attached hydrogen (secondary N) is 1. The summed E-state index contributed by atoms with van der Waals surface area (Å²) >= 11 is 0. The summed E-state index contributed by atoms with van der Waals surface area (Å²) in [6.45, 7) is 2.23. The fourth-order valence-corrected chi connectivity index (χ4v) is 2.90. The van der Waals surface area contributed by atoms with Crippen LogP contribution >= 0.6 is 0 Å². The van der Waals surface area contributed by atoms with Gasteiger partial charge in [-0.25, -0.2) is 0 Å². The van der Waals surface area contributed by atoms with Gasteiger partial charge in [0.05, 0.1) is 23.2 Å². The van der Waals surface area contributed by atoms with Crippen LogP contribution in [0.2, 0.25) is 0 Å². The van der Waals surface area contributed by atoms with Crippen LogP contribution in [0.4, 0.5) is 0 Å². The molecule has 3 rings (SSSR count). The lowest BCUT2D eigenvalue weighted by Crippen LogP contribution is -2.47. The number of likely N-dealkylation sites (tertiary alicyclic amines) is 1. The summed E-state index contributed by atoms with van der Waals surface area (Å²) in [7, 11) is 0. The molecule has 2 N–H and O–H groups in total. The zero-order valence-corrected chi connectivity index (χ0v) is 11.7. The van der Waals surface area contributed by atoms with E-state index < -0.39 is 11.9 Å². The molecule has 1 aliphatic rings. The number of aromatic nitrogens is 2. The highest BCUT2D eigenvalue weighted by Crippen LogP contribution is 2.26. The van der Waals surface area contributed by atoms with Gasteiger partial charge in [-0.05, 0) is 31.9 Å². The number of hydrogen-bond acceptors (Lipinski definition) is 3. The average Bonchev–Trinajstić information content (AvgIpc) is 2.95. The van der Waals surface area contributed by atoms with Gasteiger partial charge in [-0.15, -0.1) is 0 Å². The van der Waals surface area contributed by atoms with Crippen molar-refractivity contribution in [1.82, 2.24) is 15.1 Å². The van der Waals surface area contributed by atoms with Gasteiger partial charge < -0.3 is 10.0 Å². The van der Waals surface area contributed by atoms with E-state index in [1.54, 1.807) is 23.2 Å². The minimum absolute atomic E-state index is 0.0512. The van der Waals surface area contributed by atoms with Crippen molar-refractivity contribution in [3.05, 3.63) is 30.0 Å². The second-order valence-corrected chi connectivity index (χ2v) is 5.56. The minimum atomic E-state index is -0.832. The minimum Gasteiger partial charge on any atom is -0.481 e. The number of H-pyrrole nitrogens is 1. The molecule has 2 heterocycles. The molecule has 21 heavy (non-hydrogen) atoms. The summed E-state index contributed by atoms with van der Waals surface area (Å²) in [5.74, 6) is -1.43. The highest BCUT2D eigenvalue weighted by Gasteiger charge is 2.33. The van der Waals surface area contributed by atoms with Gasteiger partial charge in [0.2, 0.25) is 0 Å². The number of nitrogens with zero attached hydrogens (tertiary/aromatic N) is 2. The zero-order chi connectivity index (χ0) is 15.0. The van der Waals surface area contributed by atoms with E-state index in [4.69, 9.17) is 0 Å². The van der Waals surface area contributed by atoms with Gasteiger partial charge in [0.25, 0.3) is 5.91 Å². The molecule has 1 aliphatic heterocycles. The fourth-order valence-electron chi connectivity index (χ4n) is 2.90. The number of benzene rings is 1. The molecule has 6 nitrogen and oxygen atoms in total. The van der Waals surface area contributed by atoms with E-state index in [9.17, 15) is 14.7 Å². The number of carboxylic acid groups (broad SMARTS) is 1. The largest absolute Gasteiger partial charge is 0.481 e. The molecular formula is C15H17N3O3. The Bertz CT molecular complexity index is 694. The lowest BCUT2D eigenvalue weighted by molar-refractivity contribution is -0.143. The summed E-state index contributed by atoms with van der Waals surface area (Å²) in [6, 6.07) is 5.47. The molecule has 1 aromatic carbocycles. The number of carboxylic acids is 1. The number of aliphatic carboxylic acids is 1. The maximum Gasteiger partial charge on any atom is 0.308 e. The Kier molecular flexibility index (Phi) is 3.37. The maximum absolute atomic E-state index is 12.8. The molecule has 1 aromatic heterocycles. The first kappa shape index (κ1) is 13.6. The van der Waals surface area contributed by atoms with Crippen molar-refractivity contribution in [1.29, 1.82) is 0 Å². The van der Waals surface area contributed by atoms with Gasteiger partial charge in [-0.3, -0.25) is 14.7 Å². The van der Waals surface area contributed by atoms with Crippen molar-refractivity contribution in [2.75, 3.05) is 6.54 Å². The van der Waals surface area contributed by atoms with Crippen molar-refractivity contribution < 1.29 is 14.7 Å². The normalized spacial score (nSPS) is 22.4. The van der Waals surface area contributed by atoms with E-state index in [0.717, 1.165) is 10.9 Å². The van der Waals surface area contributed by atoms with Crippen LogP contribution in [0.1, 0.15) is 30.1 Å². The summed E-state index contributed by atoms with van der Waals surface area (Å²) < 4.78 is 0. The van der Waals surface area contributed by atoms with E-state index >= 15 is 0 Å². The first-order valence-corrected chi connectivity index (χ1v) is 7.04. The number of carbonyl (C=O) groups is 2. The topological polar surface area (TPSA) is 86.3 Å². The van der Waals surface area contributed by atoms with E-state index in [-0.39, 0.29) is 18.5 Å². The number of hydrogen-bond donors (Lipinski definition) is 2. The summed E-state index contributed by atoms with van der Waals surface area (Å²) in [5.41, 5.74) is 1.37. The van der Waals surface area contributed by atoms with Crippen LogP contribution in [-0.2, 0) is 4.79 Å². The Morgan fingerprint density at radius 1 is 1.38 bits per heavy atom. The van der Waals surface area contributed by atoms with Gasteiger partial charge in [0.1, 0.15) is 0 Å². The number of rotatable bonds is 2. The first-order valence-electron chi connectivity index (χ1n) is 7.04. The number of aromatic amines is 1. The molecule has 1 amide bonds. The molecule has 2 atom stereocenters. The van der Waals surface area contributed by atoms with Crippen molar-refractivity contribution in [3.63, 3.8) is 0 Å². The molecule has 2 aromatic rings. The van der Waals surface area contributed by atoms with E-state index in [2.05, 4.69) is 10.2 Å². The molecule has 0 radical (unpaired) electrons. The Morgan fingerprint density at radius 3 is 2.95 bits per heavy atom. The van der Waals surface area contributed by atoms with Crippen LogP contribution in [-0.4, -0.2) is 44.7 Å². The van der Waals surface area contributed by atoms with E-state index in [1.165, 1.54) is 0 Å². The second kappa shape index (κ2) is 5.20. The predicted octanol–water partition coefficient (Wildman–Crippen LogP) is 1.89. The van der Waals surface area contributed by atoms with Crippen LogP contribution in [0.25, 0.3) is 10.9 Å². The summed E-state index contributed by atoms with van der Waals surface area (Å²) in [4.78, 5) is 25.6. The van der Waals surface area contributed by atoms with Crippen LogP contribution in [0, 0.1) is 5.92 Å². The van der Waals surface area contributed by atoms with Crippen LogP contribution < -0.4 is 0 Å². The number of piperidine rings is 1. The molecule has 110 valence electrons. The third-order valence-corrected chi connectivity index (χ3v) is 4.21. The standard InChI is InChI=1S/C15H17N3O3/c1-9-5-6-10(15(20)21)8-18(9)14(19)11-3-2-4-13-12(11)7-16-17-13/h2-4,7,9-10H,5-6,8H2,1H3,(H,16,17)(H,20,21). The molecule has 0 bridgehead atoms. The lowest BCUT2D eigenvalue weighted by Gasteiger charge is -2.36. The predicted molar refractivity (Wildman–Crippen MR) is 77.0 cm³/mol. The molecule has 0 aliphatic carbocycles. The van der Waals surface area contributed by atoms with Crippen LogP contribution in [0.5, 0.6) is 0 Å². The monoisotopic (exact) mass is 287 g/mol. The molecule has 0 spiro atoms. The highest BCUT2D eigenvalue weighted by molar-refractivity contribution is 6.06. The summed E-state index contributed by atoms with van der Waals surface area (Å²) in [6.07, 6.45) is 2.96. The van der Waals surface area contributed by atoms with Gasteiger partial charge in [-0.1, -0.05) is 6.07 Å². The molecule has 2 unspecified atom stereocenters. The average molecular weight is 287 g/mol. The molecule has 0 saturated carbocycles. The lowest BCUT2D eigenvalue weighted by atomic mass is 9.92. The van der Waals surface area contributed by atoms with Crippen LogP contribution in [0.15, 0.2) is 24.4 Å². The van der Waals surface area contributed by atoms with E-state index in [0.29, 0.717) is 18.4 Å². The summed E-state index contributed by atoms with van der Waals surface area (Å²) in [5, 5.41) is 16.8. The van der Waals surface area contributed by atoms with Crippen LogP contribution in [0.3, 0.4) is 0 Å². The third-order valence-electron chi connectivity index (χ3n) is 4.21. The fraction of sp³-hybridized carbons (Fsp3) is 0.400. The quantitative estimate of drug-likeness (QED) is 0.883. The highest BCUT2D eigenvalue weighted by atomic mass is 16.4. The second-order valence-electron chi connectivity index (χ2n) is 5.56. The van der Waals surface area contributed by atoms with Crippen molar-refractivity contribution >= 4 is 22.8 Å². The molecule has 1 fully saturated rings. The maximum atomic E-state index is 12.8. The molecular weight excluding hydrogens is 270 g/mol. The Labute approximate surface area is 121 Å². The van der Waals surface area contributed by atoms with Gasteiger partial charge >= 0.3 is 5.97 Å². The van der Waals surface area contributed by atoms with Crippen molar-refractivity contribution in [3.8, 4) is 0 Å². The molecule has 6 heteroatoms. The Balaban J connectivity index is 1.93. The SMILES string of the molecule is CC1CCC(C(=O)O)CN1C(=O)c1cccc2[nH]ncc12. The Hall–Kier alpha value is -2.37. The van der Waals surface area contributed by atoms with Crippen molar-refractivity contribution in [2.45, 2.75) is 25.8 Å². The van der Waals surface area contributed by atoms with Gasteiger partial charge in [0.15, 0.2) is 0 Å². The molecule has 1 saturated heterocycles. The smallest absolute Gasteiger partial charge is 0.308 e. The van der Waals surface area contributed by atoms with Gasteiger partial charge in [-0.2, -0.15) is 5.10 Å². The first-order chi connectivity index (χ1) is 10.1. The number of fused-ring (bicyclic) bond motifs is 1.